The van der Waals surface area contributed by atoms with Crippen LogP contribution in [-0.4, -0.2) is 38.0 Å². The zero-order valence-electron chi connectivity index (χ0n) is 12.4. The summed E-state index contributed by atoms with van der Waals surface area (Å²) in [5.41, 5.74) is 1.20. The van der Waals surface area contributed by atoms with Gasteiger partial charge in [-0.1, -0.05) is 5.16 Å². The number of aryl methyl sites for hydroxylation is 1. The highest BCUT2D eigenvalue weighted by Gasteiger charge is 2.15. The fraction of sp³-hybridized carbons (Fsp3) is 0.429. The van der Waals surface area contributed by atoms with Gasteiger partial charge in [-0.25, -0.2) is 0 Å². The predicted octanol–water partition coefficient (Wildman–Crippen LogP) is 1.21. The molecule has 0 radical (unpaired) electrons. The SMILES string of the molecule is Cc1cnn(Cc2cc(C(=O)NC(C)CCC(=O)O)no2)c1. The summed E-state index contributed by atoms with van der Waals surface area (Å²) >= 11 is 0. The van der Waals surface area contributed by atoms with Gasteiger partial charge in [0.05, 0.1) is 6.20 Å². The molecule has 0 aromatic carbocycles. The molecule has 8 heteroatoms. The van der Waals surface area contributed by atoms with E-state index in [1.807, 2.05) is 13.1 Å². The van der Waals surface area contributed by atoms with E-state index in [9.17, 15) is 9.59 Å². The monoisotopic (exact) mass is 306 g/mol. The highest BCUT2D eigenvalue weighted by atomic mass is 16.5. The topological polar surface area (TPSA) is 110 Å². The second kappa shape index (κ2) is 6.88. The Labute approximate surface area is 127 Å². The Balaban J connectivity index is 1.90. The van der Waals surface area contributed by atoms with Crippen molar-refractivity contribution in [3.63, 3.8) is 0 Å². The first-order chi connectivity index (χ1) is 10.4. The van der Waals surface area contributed by atoms with Gasteiger partial charge in [-0.05, 0) is 25.8 Å². The molecular formula is C14H18N4O4. The number of amides is 1. The molecule has 2 N–H and O–H groups in total. The molecule has 0 saturated heterocycles. The maximum Gasteiger partial charge on any atom is 0.303 e. The Morgan fingerprint density at radius 2 is 2.27 bits per heavy atom. The van der Waals surface area contributed by atoms with Gasteiger partial charge in [0, 0.05) is 24.7 Å². The van der Waals surface area contributed by atoms with Crippen molar-refractivity contribution in [3.8, 4) is 0 Å². The molecule has 2 aromatic rings. The van der Waals surface area contributed by atoms with Gasteiger partial charge in [-0.15, -0.1) is 0 Å². The summed E-state index contributed by atoms with van der Waals surface area (Å²) in [6, 6.07) is 1.30. The lowest BCUT2D eigenvalue weighted by atomic mass is 10.2. The number of carboxylic acid groups (broad SMARTS) is 1. The first kappa shape index (κ1) is 15.7. The minimum atomic E-state index is -0.890. The molecule has 0 spiro atoms. The van der Waals surface area contributed by atoms with Crippen molar-refractivity contribution in [3.05, 3.63) is 35.5 Å². The number of nitrogens with one attached hydrogen (secondary N) is 1. The molecule has 22 heavy (non-hydrogen) atoms. The Bertz CT molecular complexity index is 661. The highest BCUT2D eigenvalue weighted by Crippen LogP contribution is 2.07. The van der Waals surface area contributed by atoms with E-state index < -0.39 is 5.97 Å². The second-order valence-electron chi connectivity index (χ2n) is 5.20. The largest absolute Gasteiger partial charge is 0.481 e. The summed E-state index contributed by atoms with van der Waals surface area (Å²) in [5.74, 6) is -0.754. The molecule has 1 amide bonds. The molecule has 0 aliphatic rings. The van der Waals surface area contributed by atoms with Crippen LogP contribution in [0.15, 0.2) is 23.0 Å². The number of aromatic nitrogens is 3. The van der Waals surface area contributed by atoms with Crippen molar-refractivity contribution < 1.29 is 19.2 Å². The van der Waals surface area contributed by atoms with Crippen molar-refractivity contribution in [2.24, 2.45) is 0 Å². The van der Waals surface area contributed by atoms with Crippen LogP contribution in [0.2, 0.25) is 0 Å². The maximum atomic E-state index is 12.0. The third-order valence-corrected chi connectivity index (χ3v) is 3.04. The fourth-order valence-corrected chi connectivity index (χ4v) is 1.92. The quantitative estimate of drug-likeness (QED) is 0.795. The van der Waals surface area contributed by atoms with Gasteiger partial charge in [-0.2, -0.15) is 5.10 Å². The van der Waals surface area contributed by atoms with Crippen LogP contribution in [-0.2, 0) is 11.3 Å². The van der Waals surface area contributed by atoms with Crippen LogP contribution < -0.4 is 5.32 Å². The highest BCUT2D eigenvalue weighted by molar-refractivity contribution is 5.92. The molecule has 2 rings (SSSR count). The Morgan fingerprint density at radius 3 is 2.91 bits per heavy atom. The van der Waals surface area contributed by atoms with E-state index in [-0.39, 0.29) is 24.1 Å². The molecule has 0 aliphatic heterocycles. The summed E-state index contributed by atoms with van der Waals surface area (Å²) in [4.78, 5) is 22.5. The van der Waals surface area contributed by atoms with Gasteiger partial charge in [0.25, 0.3) is 5.91 Å². The number of rotatable bonds is 7. The van der Waals surface area contributed by atoms with E-state index in [4.69, 9.17) is 9.63 Å². The van der Waals surface area contributed by atoms with E-state index in [0.717, 1.165) is 5.56 Å². The number of aliphatic carboxylic acids is 1. The lowest BCUT2D eigenvalue weighted by Gasteiger charge is -2.10. The van der Waals surface area contributed by atoms with Gasteiger partial charge >= 0.3 is 5.97 Å². The number of carboxylic acids is 1. The van der Waals surface area contributed by atoms with Gasteiger partial charge in [-0.3, -0.25) is 14.3 Å². The number of hydrogen-bond acceptors (Lipinski definition) is 5. The van der Waals surface area contributed by atoms with Crippen LogP contribution in [0.5, 0.6) is 0 Å². The molecule has 0 bridgehead atoms. The van der Waals surface area contributed by atoms with Gasteiger partial charge in [0.15, 0.2) is 11.5 Å². The van der Waals surface area contributed by atoms with E-state index in [1.165, 1.54) is 0 Å². The lowest BCUT2D eigenvalue weighted by molar-refractivity contribution is -0.137. The average Bonchev–Trinajstić information content (AvgIpc) is 3.06. The van der Waals surface area contributed by atoms with Crippen LogP contribution in [0.25, 0.3) is 0 Å². The fourth-order valence-electron chi connectivity index (χ4n) is 1.92. The van der Waals surface area contributed by atoms with Gasteiger partial charge in [0.2, 0.25) is 0 Å². The normalized spacial score (nSPS) is 12.1. The van der Waals surface area contributed by atoms with Crippen molar-refractivity contribution in [1.29, 1.82) is 0 Å². The number of hydrogen-bond donors (Lipinski definition) is 2. The second-order valence-corrected chi connectivity index (χ2v) is 5.20. The average molecular weight is 306 g/mol. The van der Waals surface area contributed by atoms with Crippen molar-refractivity contribution in [1.82, 2.24) is 20.3 Å². The standard InChI is InChI=1S/C14H18N4O4/c1-9-6-15-18(7-9)8-11-5-12(17-22-11)14(21)16-10(2)3-4-13(19)20/h5-7,10H,3-4,8H2,1-2H3,(H,16,21)(H,19,20). The number of carbonyl (C=O) groups excluding carboxylic acids is 1. The minimum absolute atomic E-state index is 0.00413. The molecule has 2 aromatic heterocycles. The van der Waals surface area contributed by atoms with E-state index in [0.29, 0.717) is 18.7 Å². The van der Waals surface area contributed by atoms with Crippen LogP contribution in [0.1, 0.15) is 41.6 Å². The zero-order chi connectivity index (χ0) is 16.1. The van der Waals surface area contributed by atoms with E-state index in [2.05, 4.69) is 15.6 Å². The van der Waals surface area contributed by atoms with Crippen molar-refractivity contribution in [2.45, 2.75) is 39.3 Å². The number of carbonyl (C=O) groups is 2. The zero-order valence-corrected chi connectivity index (χ0v) is 12.4. The molecule has 118 valence electrons. The number of nitrogens with zero attached hydrogens (tertiary/aromatic N) is 3. The first-order valence-corrected chi connectivity index (χ1v) is 6.91. The maximum absolute atomic E-state index is 12.0. The lowest BCUT2D eigenvalue weighted by Crippen LogP contribution is -2.33. The summed E-state index contributed by atoms with van der Waals surface area (Å²) in [6.45, 7) is 4.07. The Hall–Kier alpha value is -2.64. The van der Waals surface area contributed by atoms with Crippen LogP contribution >= 0.6 is 0 Å². The summed E-state index contributed by atoms with van der Waals surface area (Å²) in [5, 5.41) is 19.1. The first-order valence-electron chi connectivity index (χ1n) is 6.91. The van der Waals surface area contributed by atoms with Crippen LogP contribution in [0.4, 0.5) is 0 Å². The van der Waals surface area contributed by atoms with Gasteiger partial charge < -0.3 is 14.9 Å². The molecule has 2 heterocycles. The minimum Gasteiger partial charge on any atom is -0.481 e. The molecule has 0 fully saturated rings. The predicted molar refractivity (Wildman–Crippen MR) is 76.4 cm³/mol. The molecule has 0 saturated carbocycles. The summed E-state index contributed by atoms with van der Waals surface area (Å²) in [6.07, 6.45) is 3.95. The van der Waals surface area contributed by atoms with Crippen molar-refractivity contribution >= 4 is 11.9 Å². The third kappa shape index (κ3) is 4.44. The van der Waals surface area contributed by atoms with Crippen molar-refractivity contribution in [2.75, 3.05) is 0 Å². The molecule has 1 unspecified atom stereocenters. The summed E-state index contributed by atoms with van der Waals surface area (Å²) in [7, 11) is 0. The molecular weight excluding hydrogens is 288 g/mol. The Morgan fingerprint density at radius 1 is 1.50 bits per heavy atom. The Kier molecular flexibility index (Phi) is 4.92. The van der Waals surface area contributed by atoms with E-state index >= 15 is 0 Å². The molecule has 0 aliphatic carbocycles. The smallest absolute Gasteiger partial charge is 0.303 e. The molecule has 1 atom stereocenters. The molecule has 8 nitrogen and oxygen atoms in total. The van der Waals surface area contributed by atoms with Crippen LogP contribution in [0.3, 0.4) is 0 Å². The third-order valence-electron chi connectivity index (χ3n) is 3.04. The van der Waals surface area contributed by atoms with E-state index in [1.54, 1.807) is 23.9 Å². The summed E-state index contributed by atoms with van der Waals surface area (Å²) < 4.78 is 6.80. The van der Waals surface area contributed by atoms with Gasteiger partial charge in [0.1, 0.15) is 6.54 Å². The van der Waals surface area contributed by atoms with Crippen LogP contribution in [0, 0.1) is 6.92 Å².